The largest absolute Gasteiger partial charge is 0.466 e. The lowest BCUT2D eigenvalue weighted by Gasteiger charge is -2.14. The number of hydrogen-bond acceptors (Lipinski definition) is 5. The van der Waals surface area contributed by atoms with Crippen LogP contribution in [0, 0.1) is 0 Å². The van der Waals surface area contributed by atoms with Crippen molar-refractivity contribution in [2.45, 2.75) is 32.4 Å². The first kappa shape index (κ1) is 13.4. The fourth-order valence-electron chi connectivity index (χ4n) is 0.886. The molecule has 0 aromatic rings. The Morgan fingerprint density at radius 3 is 2.71 bits per heavy atom. The third kappa shape index (κ3) is 6.82. The highest BCUT2D eigenvalue weighted by atomic mass is 16.5. The van der Waals surface area contributed by atoms with E-state index in [0.29, 0.717) is 6.61 Å². The summed E-state index contributed by atoms with van der Waals surface area (Å²) in [5.41, 5.74) is 0. The van der Waals surface area contributed by atoms with Gasteiger partial charge in [-0.1, -0.05) is 0 Å². The number of aliphatic hydroxyl groups is 2. The van der Waals surface area contributed by atoms with Gasteiger partial charge in [-0.25, -0.2) is 0 Å². The molecule has 0 saturated heterocycles. The SMILES string of the molecule is CCOC(=O)CC(O)CNC(C)CO. The van der Waals surface area contributed by atoms with E-state index >= 15 is 0 Å². The summed E-state index contributed by atoms with van der Waals surface area (Å²) in [7, 11) is 0. The van der Waals surface area contributed by atoms with Crippen LogP contribution in [0.2, 0.25) is 0 Å². The van der Waals surface area contributed by atoms with E-state index in [-0.39, 0.29) is 25.6 Å². The minimum Gasteiger partial charge on any atom is -0.466 e. The van der Waals surface area contributed by atoms with Gasteiger partial charge in [0.1, 0.15) is 0 Å². The van der Waals surface area contributed by atoms with E-state index < -0.39 is 12.1 Å². The number of ether oxygens (including phenoxy) is 1. The van der Waals surface area contributed by atoms with Crippen LogP contribution in [-0.2, 0) is 9.53 Å². The number of carbonyl (C=O) groups is 1. The van der Waals surface area contributed by atoms with Crippen molar-refractivity contribution in [1.29, 1.82) is 0 Å². The first-order valence-electron chi connectivity index (χ1n) is 4.78. The van der Waals surface area contributed by atoms with Gasteiger partial charge in [-0.15, -0.1) is 0 Å². The maximum absolute atomic E-state index is 10.9. The number of nitrogens with one attached hydrogen (secondary N) is 1. The van der Waals surface area contributed by atoms with Crippen molar-refractivity contribution in [3.63, 3.8) is 0 Å². The van der Waals surface area contributed by atoms with Crippen LogP contribution in [0.4, 0.5) is 0 Å². The first-order valence-corrected chi connectivity index (χ1v) is 4.78. The predicted molar refractivity (Wildman–Crippen MR) is 51.8 cm³/mol. The number of aliphatic hydroxyl groups excluding tert-OH is 2. The molecule has 0 aromatic heterocycles. The van der Waals surface area contributed by atoms with Gasteiger partial charge in [-0.2, -0.15) is 0 Å². The van der Waals surface area contributed by atoms with Gasteiger partial charge in [-0.3, -0.25) is 4.79 Å². The minimum absolute atomic E-state index is 0.00608. The predicted octanol–water partition coefficient (Wildman–Crippen LogP) is -0.729. The molecule has 0 amide bonds. The summed E-state index contributed by atoms with van der Waals surface area (Å²) >= 11 is 0. The summed E-state index contributed by atoms with van der Waals surface area (Å²) in [4.78, 5) is 10.9. The molecule has 0 saturated carbocycles. The molecule has 0 aliphatic rings. The van der Waals surface area contributed by atoms with E-state index in [9.17, 15) is 9.90 Å². The van der Waals surface area contributed by atoms with Crippen molar-refractivity contribution < 1.29 is 19.7 Å². The number of esters is 1. The van der Waals surface area contributed by atoms with E-state index in [1.165, 1.54) is 0 Å². The Labute approximate surface area is 84.1 Å². The molecule has 0 bridgehead atoms. The molecule has 5 nitrogen and oxygen atoms in total. The molecule has 5 heteroatoms. The van der Waals surface area contributed by atoms with Gasteiger partial charge in [0.05, 0.1) is 25.7 Å². The molecular formula is C9H19NO4. The molecule has 2 atom stereocenters. The topological polar surface area (TPSA) is 78.8 Å². The lowest BCUT2D eigenvalue weighted by Crippen LogP contribution is -2.36. The average molecular weight is 205 g/mol. The third-order valence-corrected chi connectivity index (χ3v) is 1.68. The molecule has 14 heavy (non-hydrogen) atoms. The van der Waals surface area contributed by atoms with Gasteiger partial charge in [0.25, 0.3) is 0 Å². The second kappa shape index (κ2) is 7.73. The van der Waals surface area contributed by atoms with E-state index in [0.717, 1.165) is 0 Å². The van der Waals surface area contributed by atoms with E-state index in [4.69, 9.17) is 5.11 Å². The first-order chi connectivity index (χ1) is 6.60. The standard InChI is InChI=1S/C9H19NO4/c1-3-14-9(13)4-8(12)5-10-7(2)6-11/h7-8,10-12H,3-6H2,1-2H3. The van der Waals surface area contributed by atoms with E-state index in [2.05, 4.69) is 10.1 Å². The second-order valence-electron chi connectivity index (χ2n) is 3.15. The monoisotopic (exact) mass is 205 g/mol. The summed E-state index contributed by atoms with van der Waals surface area (Å²) in [5.74, 6) is -0.404. The van der Waals surface area contributed by atoms with Crippen LogP contribution in [0.5, 0.6) is 0 Å². The van der Waals surface area contributed by atoms with Gasteiger partial charge in [0.15, 0.2) is 0 Å². The highest BCUT2D eigenvalue weighted by molar-refractivity contribution is 5.69. The van der Waals surface area contributed by atoms with Crippen LogP contribution in [0.3, 0.4) is 0 Å². The quantitative estimate of drug-likeness (QED) is 0.478. The van der Waals surface area contributed by atoms with Crippen molar-refractivity contribution in [2.24, 2.45) is 0 Å². The molecule has 2 unspecified atom stereocenters. The molecule has 0 heterocycles. The van der Waals surface area contributed by atoms with Crippen molar-refractivity contribution in [2.75, 3.05) is 19.8 Å². The third-order valence-electron chi connectivity index (χ3n) is 1.68. The maximum Gasteiger partial charge on any atom is 0.308 e. The fourth-order valence-corrected chi connectivity index (χ4v) is 0.886. The van der Waals surface area contributed by atoms with Gasteiger partial charge >= 0.3 is 5.97 Å². The summed E-state index contributed by atoms with van der Waals surface area (Å²) in [6.45, 7) is 4.12. The van der Waals surface area contributed by atoms with E-state index in [1.54, 1.807) is 13.8 Å². The van der Waals surface area contributed by atoms with Crippen LogP contribution in [-0.4, -0.2) is 48.1 Å². The van der Waals surface area contributed by atoms with Gasteiger partial charge in [0, 0.05) is 12.6 Å². The van der Waals surface area contributed by atoms with Crippen LogP contribution in [0.25, 0.3) is 0 Å². The van der Waals surface area contributed by atoms with Gasteiger partial charge in [0.2, 0.25) is 0 Å². The molecule has 0 aliphatic carbocycles. The normalized spacial score (nSPS) is 14.9. The van der Waals surface area contributed by atoms with Crippen molar-refractivity contribution in [3.05, 3.63) is 0 Å². The lowest BCUT2D eigenvalue weighted by atomic mass is 10.2. The van der Waals surface area contributed by atoms with E-state index in [1.807, 2.05) is 0 Å². The fraction of sp³-hybridized carbons (Fsp3) is 0.889. The lowest BCUT2D eigenvalue weighted by molar-refractivity contribution is -0.145. The van der Waals surface area contributed by atoms with Crippen LogP contribution >= 0.6 is 0 Å². The molecule has 0 spiro atoms. The van der Waals surface area contributed by atoms with Crippen LogP contribution in [0.15, 0.2) is 0 Å². The Kier molecular flexibility index (Phi) is 7.37. The Morgan fingerprint density at radius 2 is 2.21 bits per heavy atom. The van der Waals surface area contributed by atoms with Crippen LogP contribution < -0.4 is 5.32 Å². The zero-order chi connectivity index (χ0) is 11.0. The summed E-state index contributed by atoms with van der Waals surface area (Å²) in [6.07, 6.45) is -0.776. The number of rotatable bonds is 7. The summed E-state index contributed by atoms with van der Waals surface area (Å²) in [5, 5.41) is 20.9. The average Bonchev–Trinajstić information content (AvgIpc) is 2.14. The van der Waals surface area contributed by atoms with Gasteiger partial charge in [-0.05, 0) is 13.8 Å². The minimum atomic E-state index is -0.761. The Balaban J connectivity index is 3.54. The van der Waals surface area contributed by atoms with Crippen molar-refractivity contribution in [3.8, 4) is 0 Å². The van der Waals surface area contributed by atoms with Crippen LogP contribution in [0.1, 0.15) is 20.3 Å². The molecule has 0 aromatic carbocycles. The molecule has 0 rings (SSSR count). The Hall–Kier alpha value is -0.650. The van der Waals surface area contributed by atoms with Crippen molar-refractivity contribution in [1.82, 2.24) is 5.32 Å². The molecule has 0 fully saturated rings. The zero-order valence-electron chi connectivity index (χ0n) is 8.69. The highest BCUT2D eigenvalue weighted by Gasteiger charge is 2.12. The molecule has 0 radical (unpaired) electrons. The van der Waals surface area contributed by atoms with Gasteiger partial charge < -0.3 is 20.3 Å². The molecule has 3 N–H and O–H groups in total. The highest BCUT2D eigenvalue weighted by Crippen LogP contribution is 1.94. The maximum atomic E-state index is 10.9. The summed E-state index contributed by atoms with van der Waals surface area (Å²) < 4.78 is 4.67. The molecular weight excluding hydrogens is 186 g/mol. The second-order valence-corrected chi connectivity index (χ2v) is 3.15. The smallest absolute Gasteiger partial charge is 0.308 e. The Morgan fingerprint density at radius 1 is 1.57 bits per heavy atom. The molecule has 0 aliphatic heterocycles. The molecule has 84 valence electrons. The van der Waals surface area contributed by atoms with Crippen molar-refractivity contribution >= 4 is 5.97 Å². The zero-order valence-corrected chi connectivity index (χ0v) is 8.69. The number of hydrogen-bond donors (Lipinski definition) is 3. The Bertz CT molecular complexity index is 163. The number of carbonyl (C=O) groups excluding carboxylic acids is 1. The summed E-state index contributed by atoms with van der Waals surface area (Å²) in [6, 6.07) is -0.0770.